The largest absolute Gasteiger partial charge is 0.497 e. The molecule has 0 aliphatic carbocycles. The minimum Gasteiger partial charge on any atom is -0.497 e. The fourth-order valence-electron chi connectivity index (χ4n) is 2.24. The predicted molar refractivity (Wildman–Crippen MR) is 94.0 cm³/mol. The van der Waals surface area contributed by atoms with E-state index in [0.717, 1.165) is 11.1 Å². The van der Waals surface area contributed by atoms with Crippen LogP contribution in [-0.4, -0.2) is 32.7 Å². The Bertz CT molecular complexity index is 735. The summed E-state index contributed by atoms with van der Waals surface area (Å²) in [6, 6.07) is 12.5. The van der Waals surface area contributed by atoms with Crippen molar-refractivity contribution in [1.82, 2.24) is 0 Å². The van der Waals surface area contributed by atoms with Crippen LogP contribution in [0.5, 0.6) is 11.5 Å². The average Bonchev–Trinajstić information content (AvgIpc) is 2.61. The summed E-state index contributed by atoms with van der Waals surface area (Å²) >= 11 is 0. The van der Waals surface area contributed by atoms with Crippen LogP contribution in [0.1, 0.15) is 11.1 Å². The lowest BCUT2D eigenvalue weighted by molar-refractivity contribution is -0.146. The van der Waals surface area contributed by atoms with Crippen LogP contribution in [-0.2, 0) is 20.7 Å². The molecule has 2 rings (SSSR count). The molecule has 0 bridgehead atoms. The molecule has 0 unspecified atom stereocenters. The minimum absolute atomic E-state index is 0.132. The van der Waals surface area contributed by atoms with Crippen LogP contribution in [0.4, 0.5) is 5.69 Å². The maximum absolute atomic E-state index is 12.0. The average molecular weight is 343 g/mol. The van der Waals surface area contributed by atoms with E-state index < -0.39 is 11.9 Å². The number of ether oxygens (including phenoxy) is 3. The molecular weight excluding hydrogens is 322 g/mol. The molecule has 0 fully saturated rings. The molecule has 0 atom stereocenters. The molecule has 0 aliphatic rings. The fraction of sp³-hybridized carbons (Fsp3) is 0.263. The molecule has 0 heterocycles. The Balaban J connectivity index is 1.88. The number of aryl methyl sites for hydroxylation is 1. The second-order valence-electron chi connectivity index (χ2n) is 5.41. The summed E-state index contributed by atoms with van der Waals surface area (Å²) in [6.07, 6.45) is 0.132. The van der Waals surface area contributed by atoms with Crippen molar-refractivity contribution >= 4 is 17.6 Å². The van der Waals surface area contributed by atoms with Gasteiger partial charge >= 0.3 is 5.97 Å². The standard InChI is InChI=1S/C19H21NO5/c1-13-6-4-5-7-14(13)8-19(22)25-12-18(21)20-15-9-16(23-2)11-17(10-15)24-3/h4-7,9-11H,8,12H2,1-3H3,(H,20,21). The van der Waals surface area contributed by atoms with Gasteiger partial charge in [-0.2, -0.15) is 0 Å². The lowest BCUT2D eigenvalue weighted by Gasteiger charge is -2.10. The Kier molecular flexibility index (Phi) is 6.39. The van der Waals surface area contributed by atoms with Crippen molar-refractivity contribution in [2.45, 2.75) is 13.3 Å². The summed E-state index contributed by atoms with van der Waals surface area (Å²) in [5.41, 5.74) is 2.38. The summed E-state index contributed by atoms with van der Waals surface area (Å²) in [5.74, 6) is 0.207. The Morgan fingerprint density at radius 2 is 1.64 bits per heavy atom. The van der Waals surface area contributed by atoms with Gasteiger partial charge in [0.2, 0.25) is 0 Å². The molecule has 0 saturated carbocycles. The summed E-state index contributed by atoms with van der Waals surface area (Å²) in [7, 11) is 3.04. The van der Waals surface area contributed by atoms with Crippen molar-refractivity contribution in [3.8, 4) is 11.5 Å². The SMILES string of the molecule is COc1cc(NC(=O)COC(=O)Cc2ccccc2C)cc(OC)c1. The highest BCUT2D eigenvalue weighted by Crippen LogP contribution is 2.25. The smallest absolute Gasteiger partial charge is 0.310 e. The van der Waals surface area contributed by atoms with Crippen molar-refractivity contribution in [2.75, 3.05) is 26.1 Å². The van der Waals surface area contributed by atoms with E-state index >= 15 is 0 Å². The first kappa shape index (κ1) is 18.3. The van der Waals surface area contributed by atoms with E-state index in [1.165, 1.54) is 14.2 Å². The van der Waals surface area contributed by atoms with Crippen LogP contribution >= 0.6 is 0 Å². The molecule has 0 saturated heterocycles. The van der Waals surface area contributed by atoms with Crippen molar-refractivity contribution in [3.05, 3.63) is 53.6 Å². The van der Waals surface area contributed by atoms with Gasteiger partial charge in [-0.25, -0.2) is 0 Å². The number of carbonyl (C=O) groups is 2. The first-order chi connectivity index (χ1) is 12.0. The van der Waals surface area contributed by atoms with E-state index in [2.05, 4.69) is 5.32 Å². The van der Waals surface area contributed by atoms with Crippen LogP contribution in [0.15, 0.2) is 42.5 Å². The third-order valence-electron chi connectivity index (χ3n) is 3.60. The van der Waals surface area contributed by atoms with Crippen LogP contribution < -0.4 is 14.8 Å². The second-order valence-corrected chi connectivity index (χ2v) is 5.41. The number of amides is 1. The number of rotatable bonds is 7. The van der Waals surface area contributed by atoms with E-state index in [-0.39, 0.29) is 13.0 Å². The minimum atomic E-state index is -0.451. The van der Waals surface area contributed by atoms with Gasteiger partial charge in [0.05, 0.1) is 20.6 Å². The molecule has 6 nitrogen and oxygen atoms in total. The van der Waals surface area contributed by atoms with E-state index in [1.807, 2.05) is 31.2 Å². The Labute approximate surface area is 146 Å². The quantitative estimate of drug-likeness (QED) is 0.783. The van der Waals surface area contributed by atoms with Gasteiger partial charge in [-0.05, 0) is 18.1 Å². The molecule has 6 heteroatoms. The maximum atomic E-state index is 12.0. The third-order valence-corrected chi connectivity index (χ3v) is 3.60. The summed E-state index contributed by atoms with van der Waals surface area (Å²) in [5, 5.41) is 2.65. The van der Waals surface area contributed by atoms with E-state index in [1.54, 1.807) is 18.2 Å². The number of benzene rings is 2. The van der Waals surface area contributed by atoms with E-state index in [4.69, 9.17) is 14.2 Å². The lowest BCUT2D eigenvalue weighted by Crippen LogP contribution is -2.21. The number of esters is 1. The molecule has 0 aromatic heterocycles. The zero-order valence-corrected chi connectivity index (χ0v) is 14.5. The summed E-state index contributed by atoms with van der Waals surface area (Å²) in [4.78, 5) is 23.8. The molecular formula is C19H21NO5. The van der Waals surface area contributed by atoms with Crippen LogP contribution in [0.2, 0.25) is 0 Å². The number of hydrogen-bond donors (Lipinski definition) is 1. The molecule has 0 radical (unpaired) electrons. The number of methoxy groups -OCH3 is 2. The van der Waals surface area contributed by atoms with Gasteiger partial charge in [-0.3, -0.25) is 9.59 Å². The molecule has 1 N–H and O–H groups in total. The molecule has 132 valence electrons. The van der Waals surface area contributed by atoms with Gasteiger partial charge in [0, 0.05) is 23.9 Å². The van der Waals surface area contributed by atoms with Gasteiger partial charge in [-0.15, -0.1) is 0 Å². The molecule has 2 aromatic carbocycles. The van der Waals surface area contributed by atoms with Crippen LogP contribution in [0, 0.1) is 6.92 Å². The highest BCUT2D eigenvalue weighted by Gasteiger charge is 2.11. The third kappa shape index (κ3) is 5.53. The normalized spacial score (nSPS) is 10.0. The van der Waals surface area contributed by atoms with Crippen LogP contribution in [0.25, 0.3) is 0 Å². The number of anilines is 1. The highest BCUT2D eigenvalue weighted by atomic mass is 16.5. The first-order valence-corrected chi connectivity index (χ1v) is 7.75. The Morgan fingerprint density at radius 3 is 2.24 bits per heavy atom. The Morgan fingerprint density at radius 1 is 1.00 bits per heavy atom. The number of nitrogens with one attached hydrogen (secondary N) is 1. The van der Waals surface area contributed by atoms with Crippen molar-refractivity contribution in [2.24, 2.45) is 0 Å². The first-order valence-electron chi connectivity index (χ1n) is 7.75. The Hall–Kier alpha value is -3.02. The van der Waals surface area contributed by atoms with Crippen molar-refractivity contribution in [3.63, 3.8) is 0 Å². The topological polar surface area (TPSA) is 73.9 Å². The van der Waals surface area contributed by atoms with Crippen molar-refractivity contribution in [1.29, 1.82) is 0 Å². The zero-order valence-electron chi connectivity index (χ0n) is 14.5. The number of hydrogen-bond acceptors (Lipinski definition) is 5. The van der Waals surface area contributed by atoms with Gasteiger partial charge < -0.3 is 19.5 Å². The maximum Gasteiger partial charge on any atom is 0.310 e. The monoisotopic (exact) mass is 343 g/mol. The zero-order chi connectivity index (χ0) is 18.2. The van der Waals surface area contributed by atoms with Gasteiger partial charge in [-0.1, -0.05) is 24.3 Å². The lowest BCUT2D eigenvalue weighted by atomic mass is 10.1. The summed E-state index contributed by atoms with van der Waals surface area (Å²) in [6.45, 7) is 1.57. The molecule has 2 aromatic rings. The van der Waals surface area contributed by atoms with E-state index in [0.29, 0.717) is 17.2 Å². The summed E-state index contributed by atoms with van der Waals surface area (Å²) < 4.78 is 15.3. The van der Waals surface area contributed by atoms with Gasteiger partial charge in [0.15, 0.2) is 6.61 Å². The van der Waals surface area contributed by atoms with Gasteiger partial charge in [0.1, 0.15) is 11.5 Å². The molecule has 25 heavy (non-hydrogen) atoms. The van der Waals surface area contributed by atoms with Gasteiger partial charge in [0.25, 0.3) is 5.91 Å². The second kappa shape index (κ2) is 8.73. The molecule has 1 amide bonds. The molecule has 0 aliphatic heterocycles. The predicted octanol–water partition coefficient (Wildman–Crippen LogP) is 2.74. The van der Waals surface area contributed by atoms with E-state index in [9.17, 15) is 9.59 Å². The highest BCUT2D eigenvalue weighted by molar-refractivity contribution is 5.93. The number of carbonyl (C=O) groups excluding carboxylic acids is 2. The molecule has 0 spiro atoms. The van der Waals surface area contributed by atoms with Crippen molar-refractivity contribution < 1.29 is 23.8 Å². The fourth-order valence-corrected chi connectivity index (χ4v) is 2.24. The van der Waals surface area contributed by atoms with Crippen LogP contribution in [0.3, 0.4) is 0 Å².